The molecule has 0 spiro atoms. The smallest absolute Gasteiger partial charge is 0.273 e. The number of pyridine rings is 1. The molecule has 2 amide bonds. The second-order valence-electron chi connectivity index (χ2n) is 5.82. The van der Waals surface area contributed by atoms with E-state index in [1.54, 1.807) is 17.4 Å². The first-order valence-electron chi connectivity index (χ1n) is 8.67. The summed E-state index contributed by atoms with van der Waals surface area (Å²) in [5, 5.41) is 14.9. The zero-order valence-electron chi connectivity index (χ0n) is 15.0. The number of hydrogen-bond acceptors (Lipinski definition) is 5. The number of aromatic hydroxyl groups is 1. The van der Waals surface area contributed by atoms with Gasteiger partial charge >= 0.3 is 0 Å². The molecule has 0 radical (unpaired) electrons. The third-order valence-electron chi connectivity index (χ3n) is 3.80. The lowest BCUT2D eigenvalue weighted by molar-refractivity contribution is -0.116. The van der Waals surface area contributed by atoms with E-state index in [9.17, 15) is 14.7 Å². The standard InChI is InChI=1S/C21H19N3O3S/c25-17-7-4-12-23-20(17)21(27)24-14-13-22-19(26)11-9-16-8-10-18(28-16)15-5-2-1-3-6-15/h1-12,25H,13-14H2,(H,22,26)(H,24,27)/b11-9+. The van der Waals surface area contributed by atoms with Gasteiger partial charge in [-0.3, -0.25) is 9.59 Å². The molecule has 0 aliphatic carbocycles. The van der Waals surface area contributed by atoms with Crippen LogP contribution in [0.15, 0.2) is 66.9 Å². The number of carbonyl (C=O) groups excluding carboxylic acids is 2. The number of nitrogens with zero attached hydrogens (tertiary/aromatic N) is 1. The van der Waals surface area contributed by atoms with E-state index in [4.69, 9.17) is 0 Å². The molecule has 1 aromatic carbocycles. The number of amides is 2. The fourth-order valence-corrected chi connectivity index (χ4v) is 3.35. The number of aromatic nitrogens is 1. The Labute approximate surface area is 166 Å². The zero-order valence-corrected chi connectivity index (χ0v) is 15.8. The predicted molar refractivity (Wildman–Crippen MR) is 110 cm³/mol. The minimum absolute atomic E-state index is 0.0411. The van der Waals surface area contributed by atoms with Crippen molar-refractivity contribution in [1.29, 1.82) is 0 Å². The van der Waals surface area contributed by atoms with Gasteiger partial charge in [0, 0.05) is 35.1 Å². The lowest BCUT2D eigenvalue weighted by Gasteiger charge is -2.06. The van der Waals surface area contributed by atoms with Crippen molar-refractivity contribution in [3.63, 3.8) is 0 Å². The van der Waals surface area contributed by atoms with Crippen LogP contribution in [0.1, 0.15) is 15.4 Å². The summed E-state index contributed by atoms with van der Waals surface area (Å²) in [6.45, 7) is 0.494. The minimum Gasteiger partial charge on any atom is -0.505 e. The van der Waals surface area contributed by atoms with Crippen molar-refractivity contribution in [2.75, 3.05) is 13.1 Å². The first-order chi connectivity index (χ1) is 13.6. The van der Waals surface area contributed by atoms with Gasteiger partial charge in [0.2, 0.25) is 5.91 Å². The molecular weight excluding hydrogens is 374 g/mol. The van der Waals surface area contributed by atoms with Crippen LogP contribution in [-0.2, 0) is 4.79 Å². The molecule has 3 rings (SSSR count). The number of carbonyl (C=O) groups is 2. The molecule has 0 saturated carbocycles. The Morgan fingerprint density at radius 3 is 2.57 bits per heavy atom. The van der Waals surface area contributed by atoms with Gasteiger partial charge in [0.15, 0.2) is 5.69 Å². The molecule has 2 aromatic heterocycles. The van der Waals surface area contributed by atoms with Gasteiger partial charge in [-0.1, -0.05) is 30.3 Å². The van der Waals surface area contributed by atoms with Gasteiger partial charge in [-0.2, -0.15) is 0 Å². The molecule has 0 saturated heterocycles. The van der Waals surface area contributed by atoms with E-state index in [-0.39, 0.29) is 30.4 Å². The third-order valence-corrected chi connectivity index (χ3v) is 4.89. The van der Waals surface area contributed by atoms with E-state index in [1.807, 2.05) is 42.5 Å². The van der Waals surface area contributed by atoms with E-state index in [2.05, 4.69) is 15.6 Å². The maximum atomic E-state index is 11.9. The van der Waals surface area contributed by atoms with Gasteiger partial charge in [-0.25, -0.2) is 4.98 Å². The minimum atomic E-state index is -0.491. The third kappa shape index (κ3) is 5.28. The highest BCUT2D eigenvalue weighted by molar-refractivity contribution is 7.16. The summed E-state index contributed by atoms with van der Waals surface area (Å²) in [7, 11) is 0. The van der Waals surface area contributed by atoms with E-state index in [1.165, 1.54) is 24.4 Å². The van der Waals surface area contributed by atoms with Gasteiger partial charge in [0.05, 0.1) is 0 Å². The largest absolute Gasteiger partial charge is 0.505 e. The molecule has 0 unspecified atom stereocenters. The van der Waals surface area contributed by atoms with E-state index in [0.29, 0.717) is 0 Å². The fourth-order valence-electron chi connectivity index (χ4n) is 2.43. The summed E-state index contributed by atoms with van der Waals surface area (Å²) < 4.78 is 0. The molecule has 0 fully saturated rings. The van der Waals surface area contributed by atoms with Crippen molar-refractivity contribution in [3.8, 4) is 16.2 Å². The molecule has 0 atom stereocenters. The highest BCUT2D eigenvalue weighted by atomic mass is 32.1. The van der Waals surface area contributed by atoms with Gasteiger partial charge in [0.1, 0.15) is 5.75 Å². The van der Waals surface area contributed by atoms with Crippen LogP contribution in [0.2, 0.25) is 0 Å². The van der Waals surface area contributed by atoms with Crippen molar-refractivity contribution in [2.24, 2.45) is 0 Å². The Morgan fingerprint density at radius 1 is 1.00 bits per heavy atom. The predicted octanol–water partition coefficient (Wildman–Crippen LogP) is 3.08. The van der Waals surface area contributed by atoms with E-state index >= 15 is 0 Å². The Morgan fingerprint density at radius 2 is 1.79 bits per heavy atom. The SMILES string of the molecule is O=C(/C=C/c1ccc(-c2ccccc2)s1)NCCNC(=O)c1ncccc1O. The van der Waals surface area contributed by atoms with Crippen molar-refractivity contribution in [3.05, 3.63) is 77.4 Å². The maximum Gasteiger partial charge on any atom is 0.273 e. The number of thiophene rings is 1. The maximum absolute atomic E-state index is 11.9. The van der Waals surface area contributed by atoms with Crippen LogP contribution in [0.25, 0.3) is 16.5 Å². The van der Waals surface area contributed by atoms with Crippen LogP contribution >= 0.6 is 11.3 Å². The average Bonchev–Trinajstić information content (AvgIpc) is 3.20. The van der Waals surface area contributed by atoms with Crippen molar-refractivity contribution < 1.29 is 14.7 Å². The fraction of sp³-hybridized carbons (Fsp3) is 0.0952. The average molecular weight is 393 g/mol. The number of benzene rings is 1. The monoisotopic (exact) mass is 393 g/mol. The molecular formula is C21H19N3O3S. The van der Waals surface area contributed by atoms with Crippen LogP contribution in [0.4, 0.5) is 0 Å². The van der Waals surface area contributed by atoms with Crippen molar-refractivity contribution in [2.45, 2.75) is 0 Å². The van der Waals surface area contributed by atoms with Crippen LogP contribution in [0.3, 0.4) is 0 Å². The summed E-state index contributed by atoms with van der Waals surface area (Å²) in [5.41, 5.74) is 1.10. The first kappa shape index (κ1) is 19.3. The molecule has 2 heterocycles. The zero-order chi connectivity index (χ0) is 19.8. The first-order valence-corrected chi connectivity index (χ1v) is 9.48. The summed E-state index contributed by atoms with van der Waals surface area (Å²) in [6.07, 6.45) is 4.65. The van der Waals surface area contributed by atoms with Gasteiger partial charge in [-0.05, 0) is 35.9 Å². The van der Waals surface area contributed by atoms with E-state index in [0.717, 1.165) is 15.3 Å². The Hall–Kier alpha value is -3.45. The summed E-state index contributed by atoms with van der Waals surface area (Å²) >= 11 is 1.60. The molecule has 3 aromatic rings. The Kier molecular flexibility index (Phi) is 6.54. The normalized spacial score (nSPS) is 10.7. The second-order valence-corrected chi connectivity index (χ2v) is 6.93. The molecule has 3 N–H and O–H groups in total. The van der Waals surface area contributed by atoms with Crippen molar-refractivity contribution >= 4 is 29.2 Å². The van der Waals surface area contributed by atoms with Crippen LogP contribution in [0, 0.1) is 0 Å². The molecule has 7 heteroatoms. The summed E-state index contributed by atoms with van der Waals surface area (Å²) in [5.74, 6) is -0.919. The van der Waals surface area contributed by atoms with Crippen LogP contribution in [-0.4, -0.2) is 35.0 Å². The molecule has 0 aliphatic rings. The lowest BCUT2D eigenvalue weighted by Crippen LogP contribution is -2.34. The highest BCUT2D eigenvalue weighted by Crippen LogP contribution is 2.28. The summed E-state index contributed by atoms with van der Waals surface area (Å²) in [4.78, 5) is 29.7. The number of nitrogens with one attached hydrogen (secondary N) is 2. The van der Waals surface area contributed by atoms with Gasteiger partial charge in [0.25, 0.3) is 5.91 Å². The van der Waals surface area contributed by atoms with Gasteiger partial charge in [-0.15, -0.1) is 11.3 Å². The number of rotatable bonds is 7. The topological polar surface area (TPSA) is 91.3 Å². The molecule has 0 bridgehead atoms. The Balaban J connectivity index is 1.43. The molecule has 142 valence electrons. The highest BCUT2D eigenvalue weighted by Gasteiger charge is 2.11. The molecule has 28 heavy (non-hydrogen) atoms. The van der Waals surface area contributed by atoms with Gasteiger partial charge < -0.3 is 15.7 Å². The number of hydrogen-bond donors (Lipinski definition) is 3. The van der Waals surface area contributed by atoms with Crippen LogP contribution in [0.5, 0.6) is 5.75 Å². The van der Waals surface area contributed by atoms with E-state index < -0.39 is 5.91 Å². The Bertz CT molecular complexity index is 983. The quantitative estimate of drug-likeness (QED) is 0.425. The lowest BCUT2D eigenvalue weighted by atomic mass is 10.2. The molecule has 6 nitrogen and oxygen atoms in total. The van der Waals surface area contributed by atoms with Crippen LogP contribution < -0.4 is 10.6 Å². The van der Waals surface area contributed by atoms with Crippen molar-refractivity contribution in [1.82, 2.24) is 15.6 Å². The summed E-state index contributed by atoms with van der Waals surface area (Å²) in [6, 6.07) is 17.0. The second kappa shape index (κ2) is 9.48. The molecule has 0 aliphatic heterocycles.